The molecule has 3 aromatic rings. The maximum absolute atomic E-state index is 13.8. The first-order valence-corrected chi connectivity index (χ1v) is 13.6. The molecular weight excluding hydrogens is 532 g/mol. The van der Waals surface area contributed by atoms with E-state index < -0.39 is 18.0 Å². The van der Waals surface area contributed by atoms with Crippen LogP contribution in [0.3, 0.4) is 0 Å². The van der Waals surface area contributed by atoms with Gasteiger partial charge in [-0.05, 0) is 62.2 Å². The fourth-order valence-electron chi connectivity index (χ4n) is 4.29. The molecule has 208 valence electrons. The topological polar surface area (TPSA) is 105 Å². The van der Waals surface area contributed by atoms with Gasteiger partial charge >= 0.3 is 11.9 Å². The fourth-order valence-corrected chi connectivity index (χ4v) is 5.33. The second-order valence-electron chi connectivity index (χ2n) is 8.70. The van der Waals surface area contributed by atoms with Gasteiger partial charge in [-0.3, -0.25) is 14.2 Å². The van der Waals surface area contributed by atoms with Crippen LogP contribution >= 0.6 is 11.3 Å². The molecule has 0 amide bonds. The average Bonchev–Trinajstić information content (AvgIpc) is 3.22. The van der Waals surface area contributed by atoms with Crippen molar-refractivity contribution in [1.82, 2.24) is 4.57 Å². The Morgan fingerprint density at radius 3 is 2.48 bits per heavy atom. The second kappa shape index (κ2) is 12.6. The number of hydrogen-bond donors (Lipinski definition) is 0. The second-order valence-corrected chi connectivity index (χ2v) is 9.71. The third kappa shape index (κ3) is 6.07. The largest absolute Gasteiger partial charge is 0.490 e. The molecule has 0 bridgehead atoms. The molecule has 0 radical (unpaired) electrons. The summed E-state index contributed by atoms with van der Waals surface area (Å²) in [6.07, 6.45) is 3.37. The van der Waals surface area contributed by atoms with Gasteiger partial charge in [0.25, 0.3) is 5.56 Å². The average molecular weight is 563 g/mol. The van der Waals surface area contributed by atoms with E-state index in [0.29, 0.717) is 51.1 Å². The van der Waals surface area contributed by atoms with Crippen molar-refractivity contribution in [3.05, 3.63) is 97.2 Å². The van der Waals surface area contributed by atoms with Crippen LogP contribution in [-0.2, 0) is 14.3 Å². The van der Waals surface area contributed by atoms with E-state index in [2.05, 4.69) is 11.6 Å². The van der Waals surface area contributed by atoms with E-state index in [1.807, 2.05) is 6.92 Å². The fraction of sp³-hybridized carbons (Fsp3) is 0.267. The highest BCUT2D eigenvalue weighted by Crippen LogP contribution is 2.36. The molecule has 2 aromatic carbocycles. The molecule has 2 heterocycles. The van der Waals surface area contributed by atoms with Crippen molar-refractivity contribution in [1.29, 1.82) is 0 Å². The first-order chi connectivity index (χ1) is 19.3. The van der Waals surface area contributed by atoms with E-state index in [0.717, 1.165) is 5.56 Å². The number of benzene rings is 2. The summed E-state index contributed by atoms with van der Waals surface area (Å²) in [7, 11) is 0. The van der Waals surface area contributed by atoms with Crippen molar-refractivity contribution in [3.8, 4) is 17.2 Å². The summed E-state index contributed by atoms with van der Waals surface area (Å²) in [6.45, 7) is 11.2. The van der Waals surface area contributed by atoms with Crippen LogP contribution < -0.4 is 29.1 Å². The van der Waals surface area contributed by atoms with Crippen molar-refractivity contribution in [2.75, 3.05) is 19.8 Å². The van der Waals surface area contributed by atoms with Crippen LogP contribution in [0.1, 0.15) is 44.9 Å². The van der Waals surface area contributed by atoms with E-state index in [1.54, 1.807) is 68.5 Å². The molecule has 0 saturated carbocycles. The molecule has 1 atom stereocenters. The normalized spacial score (nSPS) is 14.7. The van der Waals surface area contributed by atoms with Gasteiger partial charge in [0.1, 0.15) is 12.4 Å². The number of thiazole rings is 1. The molecule has 4 rings (SSSR count). The molecule has 1 aliphatic rings. The molecule has 10 heteroatoms. The van der Waals surface area contributed by atoms with Gasteiger partial charge in [-0.25, -0.2) is 9.79 Å². The van der Waals surface area contributed by atoms with Crippen LogP contribution in [0, 0.1) is 0 Å². The molecule has 1 aromatic heterocycles. The van der Waals surface area contributed by atoms with Crippen molar-refractivity contribution in [2.45, 2.75) is 33.7 Å². The predicted octanol–water partition coefficient (Wildman–Crippen LogP) is 3.69. The molecule has 0 spiro atoms. The van der Waals surface area contributed by atoms with Crippen LogP contribution in [0.2, 0.25) is 0 Å². The maximum Gasteiger partial charge on any atom is 0.338 e. The standard InChI is InChI=1S/C30H30N2O7S/c1-6-15-38-23-14-11-21(17-24(23)36-7-2)27-26(29(35)37-8-3)18(4)31-30-32(27)28(34)25(40-30)16-20-9-12-22(13-10-20)39-19(5)33/h6,9-14,16-17,27H,1,7-8,15H2,2-5H3. The lowest BCUT2D eigenvalue weighted by atomic mass is 9.95. The number of fused-ring (bicyclic) bond motifs is 1. The van der Waals surface area contributed by atoms with E-state index in [4.69, 9.17) is 18.9 Å². The van der Waals surface area contributed by atoms with Gasteiger partial charge in [0.2, 0.25) is 0 Å². The lowest BCUT2D eigenvalue weighted by Gasteiger charge is -2.25. The number of nitrogens with zero attached hydrogens (tertiary/aromatic N) is 2. The smallest absolute Gasteiger partial charge is 0.338 e. The Morgan fingerprint density at radius 2 is 1.82 bits per heavy atom. The van der Waals surface area contributed by atoms with Crippen LogP contribution in [0.15, 0.2) is 76.2 Å². The van der Waals surface area contributed by atoms with Gasteiger partial charge in [0.15, 0.2) is 16.3 Å². The minimum Gasteiger partial charge on any atom is -0.490 e. The lowest BCUT2D eigenvalue weighted by molar-refractivity contribution is -0.139. The van der Waals surface area contributed by atoms with Crippen LogP contribution in [0.5, 0.6) is 17.2 Å². The first-order valence-electron chi connectivity index (χ1n) is 12.8. The summed E-state index contributed by atoms with van der Waals surface area (Å²) < 4.78 is 24.0. The number of aromatic nitrogens is 1. The van der Waals surface area contributed by atoms with E-state index in [1.165, 1.54) is 22.8 Å². The Labute approximate surface area is 235 Å². The molecular formula is C30H30N2O7S. The van der Waals surface area contributed by atoms with Gasteiger partial charge in [0, 0.05) is 6.92 Å². The van der Waals surface area contributed by atoms with E-state index >= 15 is 0 Å². The third-order valence-corrected chi connectivity index (χ3v) is 6.88. The lowest BCUT2D eigenvalue weighted by Crippen LogP contribution is -2.40. The minimum absolute atomic E-state index is 0.175. The summed E-state index contributed by atoms with van der Waals surface area (Å²) in [5.74, 6) is 0.449. The highest BCUT2D eigenvalue weighted by atomic mass is 32.1. The molecule has 1 aliphatic heterocycles. The number of ether oxygens (including phenoxy) is 4. The molecule has 40 heavy (non-hydrogen) atoms. The van der Waals surface area contributed by atoms with Crippen molar-refractivity contribution < 1.29 is 28.5 Å². The molecule has 0 N–H and O–H groups in total. The van der Waals surface area contributed by atoms with Crippen LogP contribution in [0.25, 0.3) is 6.08 Å². The van der Waals surface area contributed by atoms with Crippen molar-refractivity contribution in [3.63, 3.8) is 0 Å². The Balaban J connectivity index is 1.88. The Kier molecular flexibility index (Phi) is 9.00. The van der Waals surface area contributed by atoms with Crippen molar-refractivity contribution in [2.24, 2.45) is 4.99 Å². The van der Waals surface area contributed by atoms with Crippen molar-refractivity contribution >= 4 is 29.4 Å². The van der Waals surface area contributed by atoms with Gasteiger partial charge in [-0.15, -0.1) is 0 Å². The summed E-state index contributed by atoms with van der Waals surface area (Å²) in [5.41, 5.74) is 1.81. The Morgan fingerprint density at radius 1 is 1.07 bits per heavy atom. The number of rotatable bonds is 10. The van der Waals surface area contributed by atoms with Gasteiger partial charge in [0.05, 0.1) is 35.1 Å². The Bertz CT molecular complexity index is 1650. The predicted molar refractivity (Wildman–Crippen MR) is 151 cm³/mol. The highest BCUT2D eigenvalue weighted by molar-refractivity contribution is 7.07. The third-order valence-electron chi connectivity index (χ3n) is 5.90. The van der Waals surface area contributed by atoms with Gasteiger partial charge < -0.3 is 18.9 Å². The monoisotopic (exact) mass is 562 g/mol. The molecule has 0 saturated heterocycles. The number of carbonyl (C=O) groups is 2. The summed E-state index contributed by atoms with van der Waals surface area (Å²) >= 11 is 1.22. The first kappa shape index (κ1) is 28.6. The summed E-state index contributed by atoms with van der Waals surface area (Å²) in [5, 5.41) is 0. The quantitative estimate of drug-likeness (QED) is 0.211. The molecule has 1 unspecified atom stereocenters. The highest BCUT2D eigenvalue weighted by Gasteiger charge is 2.34. The zero-order valence-electron chi connectivity index (χ0n) is 22.8. The maximum atomic E-state index is 13.8. The number of esters is 2. The van der Waals surface area contributed by atoms with E-state index in [-0.39, 0.29) is 17.7 Å². The molecule has 0 aliphatic carbocycles. The summed E-state index contributed by atoms with van der Waals surface area (Å²) in [6, 6.07) is 11.3. The van der Waals surface area contributed by atoms with Gasteiger partial charge in [-0.2, -0.15) is 0 Å². The summed E-state index contributed by atoms with van der Waals surface area (Å²) in [4.78, 5) is 43.3. The molecule has 0 fully saturated rings. The Hall–Kier alpha value is -4.44. The number of allylic oxidation sites excluding steroid dienone is 1. The van der Waals surface area contributed by atoms with Crippen LogP contribution in [0.4, 0.5) is 0 Å². The van der Waals surface area contributed by atoms with Crippen LogP contribution in [-0.4, -0.2) is 36.3 Å². The van der Waals surface area contributed by atoms with E-state index in [9.17, 15) is 14.4 Å². The number of carbonyl (C=O) groups excluding carboxylic acids is 2. The minimum atomic E-state index is -0.795. The zero-order chi connectivity index (χ0) is 28.8. The SMILES string of the molecule is C=CCOc1ccc(C2C(C(=O)OCC)=C(C)N=c3sc(=Cc4ccc(OC(C)=O)cc4)c(=O)n32)cc1OCC. The number of hydrogen-bond acceptors (Lipinski definition) is 9. The molecule has 9 nitrogen and oxygen atoms in total. The van der Waals surface area contributed by atoms with Gasteiger partial charge in [-0.1, -0.05) is 42.2 Å². The zero-order valence-corrected chi connectivity index (χ0v) is 23.6.